The topological polar surface area (TPSA) is 88.9 Å². The summed E-state index contributed by atoms with van der Waals surface area (Å²) in [7, 11) is 0. The second kappa shape index (κ2) is 12.2. The molecule has 0 aliphatic rings. The van der Waals surface area contributed by atoms with E-state index in [2.05, 4.69) is 20.8 Å². The van der Waals surface area contributed by atoms with Crippen LogP contribution in [0.15, 0.2) is 47.6 Å². The van der Waals surface area contributed by atoms with Gasteiger partial charge in [0.2, 0.25) is 5.91 Å². The van der Waals surface area contributed by atoms with Crippen LogP contribution in [0.25, 0.3) is 0 Å². The van der Waals surface area contributed by atoms with Gasteiger partial charge >= 0.3 is 6.18 Å². The zero-order valence-corrected chi connectivity index (χ0v) is 22.4. The molecular weight excluding hydrogens is 550 g/mol. The minimum Gasteiger partial charge on any atom is -0.342 e. The molecule has 0 aliphatic heterocycles. The third-order valence-corrected chi connectivity index (χ3v) is 6.99. The van der Waals surface area contributed by atoms with Crippen LogP contribution in [-0.4, -0.2) is 32.3 Å². The summed E-state index contributed by atoms with van der Waals surface area (Å²) < 4.78 is 40.5. The Labute approximate surface area is 226 Å². The Kier molecular flexibility index (Phi) is 9.49. The van der Waals surface area contributed by atoms with Crippen molar-refractivity contribution in [2.45, 2.75) is 44.7 Å². The van der Waals surface area contributed by atoms with E-state index in [-0.39, 0.29) is 28.3 Å². The molecule has 0 radical (unpaired) electrons. The summed E-state index contributed by atoms with van der Waals surface area (Å²) in [6, 6.07) is 8.50. The summed E-state index contributed by atoms with van der Waals surface area (Å²) >= 11 is 13.1. The van der Waals surface area contributed by atoms with Crippen molar-refractivity contribution in [1.82, 2.24) is 20.1 Å². The van der Waals surface area contributed by atoms with Crippen molar-refractivity contribution in [2.24, 2.45) is 5.92 Å². The Balaban J connectivity index is 1.71. The summed E-state index contributed by atoms with van der Waals surface area (Å²) in [6.45, 7) is 6.18. The molecule has 2 amide bonds. The standard InChI is InChI=1S/C24H24Cl2F3N5O2S/c1-4-34-21(20(13(2)3)31-22(36)14-8-9-17(25)18(26)10-14)32-33-23(34)37-12-19(35)30-16-7-5-6-15(11-16)24(27,28)29/h5-11,13,20H,4,12H2,1-3H3,(H,30,35)(H,31,36)/t20-/m1/s1. The predicted octanol–water partition coefficient (Wildman–Crippen LogP) is 6.48. The second-order valence-corrected chi connectivity index (χ2v) is 10.1. The largest absolute Gasteiger partial charge is 0.416 e. The van der Waals surface area contributed by atoms with Crippen molar-refractivity contribution < 1.29 is 22.8 Å². The number of carbonyl (C=O) groups is 2. The number of alkyl halides is 3. The lowest BCUT2D eigenvalue weighted by molar-refractivity contribution is -0.137. The van der Waals surface area contributed by atoms with Gasteiger partial charge in [-0.3, -0.25) is 9.59 Å². The Morgan fingerprint density at radius 2 is 1.81 bits per heavy atom. The number of aromatic nitrogens is 3. The van der Waals surface area contributed by atoms with E-state index in [1.165, 1.54) is 24.3 Å². The van der Waals surface area contributed by atoms with Crippen molar-refractivity contribution in [2.75, 3.05) is 11.1 Å². The van der Waals surface area contributed by atoms with Crippen LogP contribution in [0.5, 0.6) is 0 Å². The van der Waals surface area contributed by atoms with Crippen LogP contribution in [0.1, 0.15) is 48.6 Å². The average molecular weight is 574 g/mol. The summed E-state index contributed by atoms with van der Waals surface area (Å²) in [6.07, 6.45) is -4.51. The van der Waals surface area contributed by atoms with Crippen LogP contribution in [0.3, 0.4) is 0 Å². The van der Waals surface area contributed by atoms with Crippen molar-refractivity contribution in [3.05, 3.63) is 69.5 Å². The Morgan fingerprint density at radius 3 is 2.43 bits per heavy atom. The summed E-state index contributed by atoms with van der Waals surface area (Å²) in [5.41, 5.74) is -0.470. The molecule has 0 fully saturated rings. The lowest BCUT2D eigenvalue weighted by atomic mass is 10.0. The van der Waals surface area contributed by atoms with E-state index in [0.717, 1.165) is 23.9 Å². The van der Waals surface area contributed by atoms with Gasteiger partial charge in [0.15, 0.2) is 11.0 Å². The molecule has 7 nitrogen and oxygen atoms in total. The summed E-state index contributed by atoms with van der Waals surface area (Å²) in [5, 5.41) is 14.9. The van der Waals surface area contributed by atoms with Gasteiger partial charge in [-0.15, -0.1) is 10.2 Å². The third-order valence-electron chi connectivity index (χ3n) is 5.28. The van der Waals surface area contributed by atoms with Gasteiger partial charge in [-0.25, -0.2) is 0 Å². The van der Waals surface area contributed by atoms with Gasteiger partial charge in [0.05, 0.1) is 27.4 Å². The maximum Gasteiger partial charge on any atom is 0.416 e. The predicted molar refractivity (Wildman–Crippen MR) is 138 cm³/mol. The molecule has 3 rings (SSSR count). The molecule has 1 atom stereocenters. The highest BCUT2D eigenvalue weighted by Gasteiger charge is 2.30. The molecule has 37 heavy (non-hydrogen) atoms. The lowest BCUT2D eigenvalue weighted by Gasteiger charge is -2.22. The van der Waals surface area contributed by atoms with Gasteiger partial charge in [-0.1, -0.05) is 54.9 Å². The molecule has 2 N–H and O–H groups in total. The van der Waals surface area contributed by atoms with E-state index < -0.39 is 23.7 Å². The molecular formula is C24H24Cl2F3N5O2S. The smallest absolute Gasteiger partial charge is 0.342 e. The molecule has 0 bridgehead atoms. The average Bonchev–Trinajstić information content (AvgIpc) is 3.24. The molecule has 0 aliphatic carbocycles. The maximum atomic E-state index is 12.9. The number of hydrogen-bond donors (Lipinski definition) is 2. The molecule has 1 heterocycles. The monoisotopic (exact) mass is 573 g/mol. The minimum atomic E-state index is -4.51. The Bertz CT molecular complexity index is 1280. The number of thioether (sulfide) groups is 1. The summed E-state index contributed by atoms with van der Waals surface area (Å²) in [5.74, 6) is -0.506. The van der Waals surface area contributed by atoms with Gasteiger partial charge in [0, 0.05) is 17.8 Å². The van der Waals surface area contributed by atoms with Crippen LogP contribution < -0.4 is 10.6 Å². The van der Waals surface area contributed by atoms with Crippen LogP contribution in [0.4, 0.5) is 18.9 Å². The number of nitrogens with one attached hydrogen (secondary N) is 2. The van der Waals surface area contributed by atoms with E-state index in [0.29, 0.717) is 28.1 Å². The number of hydrogen-bond acceptors (Lipinski definition) is 5. The SMILES string of the molecule is CCn1c(SCC(=O)Nc2cccc(C(F)(F)F)c2)nnc1[C@H](NC(=O)c1ccc(Cl)c(Cl)c1)C(C)C. The highest BCUT2D eigenvalue weighted by Crippen LogP contribution is 2.31. The molecule has 1 aromatic heterocycles. The molecule has 13 heteroatoms. The van der Waals surface area contributed by atoms with E-state index >= 15 is 0 Å². The van der Waals surface area contributed by atoms with Crippen molar-refractivity contribution in [3.8, 4) is 0 Å². The molecule has 2 aromatic carbocycles. The maximum absolute atomic E-state index is 12.9. The fraction of sp³-hybridized carbons (Fsp3) is 0.333. The van der Waals surface area contributed by atoms with Gasteiger partial charge in [-0.2, -0.15) is 13.2 Å². The molecule has 0 spiro atoms. The fourth-order valence-electron chi connectivity index (χ4n) is 3.43. The quantitative estimate of drug-likeness (QED) is 0.286. The molecule has 0 saturated carbocycles. The number of rotatable bonds is 9. The number of nitrogens with zero attached hydrogens (tertiary/aromatic N) is 3. The van der Waals surface area contributed by atoms with E-state index in [9.17, 15) is 22.8 Å². The zero-order valence-electron chi connectivity index (χ0n) is 20.1. The van der Waals surface area contributed by atoms with Crippen LogP contribution in [0.2, 0.25) is 10.0 Å². The number of carbonyl (C=O) groups excluding carboxylic acids is 2. The highest BCUT2D eigenvalue weighted by molar-refractivity contribution is 7.99. The molecule has 3 aromatic rings. The number of halogens is 5. The van der Waals surface area contributed by atoms with Crippen LogP contribution in [-0.2, 0) is 17.5 Å². The number of benzene rings is 2. The summed E-state index contributed by atoms with van der Waals surface area (Å²) in [4.78, 5) is 25.3. The van der Waals surface area contributed by atoms with E-state index in [1.807, 2.05) is 20.8 Å². The zero-order chi connectivity index (χ0) is 27.3. The first-order chi connectivity index (χ1) is 17.4. The van der Waals surface area contributed by atoms with Gasteiger partial charge < -0.3 is 15.2 Å². The fourth-order valence-corrected chi connectivity index (χ4v) is 4.53. The van der Waals surface area contributed by atoms with Crippen molar-refractivity contribution in [1.29, 1.82) is 0 Å². The van der Waals surface area contributed by atoms with Crippen molar-refractivity contribution >= 4 is 52.5 Å². The van der Waals surface area contributed by atoms with Gasteiger partial charge in [-0.05, 0) is 49.2 Å². The first-order valence-corrected chi connectivity index (χ1v) is 12.9. The highest BCUT2D eigenvalue weighted by atomic mass is 35.5. The van der Waals surface area contributed by atoms with Crippen LogP contribution >= 0.6 is 35.0 Å². The second-order valence-electron chi connectivity index (χ2n) is 8.32. The first-order valence-electron chi connectivity index (χ1n) is 11.2. The minimum absolute atomic E-state index is 0.0444. The van der Waals surface area contributed by atoms with Crippen LogP contribution in [0, 0.1) is 5.92 Å². The van der Waals surface area contributed by atoms with Crippen molar-refractivity contribution in [3.63, 3.8) is 0 Å². The Hall–Kier alpha value is -2.76. The van der Waals surface area contributed by atoms with E-state index in [1.54, 1.807) is 10.6 Å². The lowest BCUT2D eigenvalue weighted by Crippen LogP contribution is -2.33. The normalized spacial score (nSPS) is 12.5. The third kappa shape index (κ3) is 7.39. The van der Waals surface area contributed by atoms with Gasteiger partial charge in [0.25, 0.3) is 5.91 Å². The van der Waals surface area contributed by atoms with Gasteiger partial charge in [0.1, 0.15) is 0 Å². The van der Waals surface area contributed by atoms with E-state index in [4.69, 9.17) is 23.2 Å². The number of amides is 2. The first kappa shape index (κ1) is 28.8. The molecule has 0 unspecified atom stereocenters. The Morgan fingerprint density at radius 1 is 1.08 bits per heavy atom. The number of anilines is 1. The molecule has 198 valence electrons. The molecule has 0 saturated heterocycles.